The topological polar surface area (TPSA) is 74.2 Å². The fraction of sp³-hybridized carbons (Fsp3) is 0.500. The summed E-state index contributed by atoms with van der Waals surface area (Å²) in [5, 5.41) is 0. The summed E-state index contributed by atoms with van der Waals surface area (Å²) in [5.41, 5.74) is 0.872. The average molecular weight is 563 g/mol. The summed E-state index contributed by atoms with van der Waals surface area (Å²) in [6.45, 7) is 10.0. The highest BCUT2D eigenvalue weighted by Crippen LogP contribution is 2.34. The second-order valence-electron chi connectivity index (χ2n) is 7.54. The molecule has 0 fully saturated rings. The Morgan fingerprint density at radius 1 is 1.06 bits per heavy atom. The average Bonchev–Trinajstić information content (AvgIpc) is 2.73. The maximum atomic E-state index is 13.1. The summed E-state index contributed by atoms with van der Waals surface area (Å²) in [4.78, 5) is 30.3. The van der Waals surface area contributed by atoms with Gasteiger partial charge in [-0.3, -0.25) is 4.79 Å². The molecule has 0 N–H and O–H groups in total. The number of nitrogens with zero attached hydrogens (tertiary/aromatic N) is 1. The molecule has 10 heteroatoms. The van der Waals surface area contributed by atoms with E-state index < -0.39 is 32.3 Å². The highest BCUT2D eigenvalue weighted by molar-refractivity contribution is 9.10. The second kappa shape index (κ2) is 14.2. The molecule has 1 aromatic carbocycles. The van der Waals surface area contributed by atoms with Gasteiger partial charge in [0.25, 0.3) is 0 Å². The molecular weight excluding hydrogens is 530 g/mol. The summed E-state index contributed by atoms with van der Waals surface area (Å²) < 4.78 is 18.6. The Balaban J connectivity index is 3.68. The highest BCUT2D eigenvalue weighted by atomic mass is 79.9. The fourth-order valence-electron chi connectivity index (χ4n) is 2.70. The van der Waals surface area contributed by atoms with E-state index in [0.717, 1.165) is 10.0 Å². The predicted octanol–water partition coefficient (Wildman–Crippen LogP) is 6.05. The third kappa shape index (κ3) is 9.82. The largest absolute Gasteiger partial charge is 0.465 e. The molecule has 32 heavy (non-hydrogen) atoms. The van der Waals surface area contributed by atoms with Crippen LogP contribution >= 0.6 is 39.5 Å². The Bertz CT molecular complexity index is 819. The fourth-order valence-corrected chi connectivity index (χ4v) is 5.05. The van der Waals surface area contributed by atoms with Crippen molar-refractivity contribution in [3.63, 3.8) is 0 Å². The van der Waals surface area contributed by atoms with E-state index in [1.807, 2.05) is 36.8 Å². The van der Waals surface area contributed by atoms with E-state index in [1.165, 1.54) is 29.6 Å². The van der Waals surface area contributed by atoms with Crippen LogP contribution in [0.1, 0.15) is 25.5 Å². The van der Waals surface area contributed by atoms with Gasteiger partial charge in [-0.15, -0.1) is 23.5 Å². The van der Waals surface area contributed by atoms with Crippen molar-refractivity contribution in [1.82, 2.24) is 0 Å². The van der Waals surface area contributed by atoms with Crippen LogP contribution in [0.15, 0.2) is 45.5 Å². The van der Waals surface area contributed by atoms with E-state index in [0.29, 0.717) is 4.38 Å². The summed E-state index contributed by atoms with van der Waals surface area (Å²) in [6, 6.07) is 7.59. The molecule has 0 spiro atoms. The first kappa shape index (κ1) is 29.0. The van der Waals surface area contributed by atoms with E-state index in [-0.39, 0.29) is 18.9 Å². The van der Waals surface area contributed by atoms with Crippen molar-refractivity contribution in [2.75, 3.05) is 25.7 Å². The number of halogens is 1. The second-order valence-corrected chi connectivity index (χ2v) is 14.8. The molecule has 0 bridgehead atoms. The number of benzene rings is 1. The highest BCUT2D eigenvalue weighted by Gasteiger charge is 2.35. The number of aliphatic imine (C=N–C) groups is 1. The van der Waals surface area contributed by atoms with Crippen molar-refractivity contribution in [3.05, 3.63) is 46.1 Å². The maximum absolute atomic E-state index is 13.1. The predicted molar refractivity (Wildman–Crippen MR) is 141 cm³/mol. The molecular formula is C22H32BrNO5S2Si. The number of esters is 2. The van der Waals surface area contributed by atoms with Gasteiger partial charge in [-0.2, -0.15) is 0 Å². The Labute approximate surface area is 209 Å². The van der Waals surface area contributed by atoms with Crippen molar-refractivity contribution in [2.45, 2.75) is 39.6 Å². The van der Waals surface area contributed by atoms with Crippen LogP contribution < -0.4 is 0 Å². The molecule has 0 unspecified atom stereocenters. The van der Waals surface area contributed by atoms with Gasteiger partial charge in [0.1, 0.15) is 16.0 Å². The van der Waals surface area contributed by atoms with Crippen molar-refractivity contribution in [2.24, 2.45) is 10.9 Å². The smallest absolute Gasteiger partial charge is 0.356 e. The van der Waals surface area contributed by atoms with E-state index >= 15 is 0 Å². The molecule has 1 rings (SSSR count). The van der Waals surface area contributed by atoms with Crippen LogP contribution in [-0.2, 0) is 23.5 Å². The van der Waals surface area contributed by atoms with E-state index in [2.05, 4.69) is 40.6 Å². The summed E-state index contributed by atoms with van der Waals surface area (Å²) in [7, 11) is -2.10. The molecule has 0 aliphatic rings. The van der Waals surface area contributed by atoms with Crippen molar-refractivity contribution in [1.29, 1.82) is 0 Å². The molecule has 0 aliphatic heterocycles. The van der Waals surface area contributed by atoms with Gasteiger partial charge in [-0.1, -0.05) is 28.1 Å². The van der Waals surface area contributed by atoms with Crippen LogP contribution in [0.5, 0.6) is 0 Å². The van der Waals surface area contributed by atoms with Gasteiger partial charge in [-0.25, -0.2) is 9.79 Å². The van der Waals surface area contributed by atoms with Crippen molar-refractivity contribution < 1.29 is 23.5 Å². The zero-order chi connectivity index (χ0) is 24.3. The lowest BCUT2D eigenvalue weighted by Crippen LogP contribution is -2.34. The molecule has 0 saturated carbocycles. The summed E-state index contributed by atoms with van der Waals surface area (Å²) >= 11 is 6.28. The monoisotopic (exact) mass is 561 g/mol. The number of ether oxygens (including phenoxy) is 2. The van der Waals surface area contributed by atoms with E-state index in [4.69, 9.17) is 13.9 Å². The Morgan fingerprint density at radius 2 is 1.62 bits per heavy atom. The lowest BCUT2D eigenvalue weighted by Gasteiger charge is -2.31. The maximum Gasteiger partial charge on any atom is 0.356 e. The molecule has 0 amide bonds. The van der Waals surface area contributed by atoms with Gasteiger partial charge in [0.05, 0.1) is 19.3 Å². The Hall–Kier alpha value is -1.07. The molecule has 1 aromatic rings. The zero-order valence-corrected chi connectivity index (χ0v) is 23.9. The minimum atomic E-state index is -2.10. The molecule has 0 heterocycles. The molecule has 0 aliphatic carbocycles. The van der Waals surface area contributed by atoms with Crippen LogP contribution in [0, 0.1) is 5.92 Å². The number of rotatable bonds is 10. The summed E-state index contributed by atoms with van der Waals surface area (Å²) in [6.07, 6.45) is 4.63. The van der Waals surface area contributed by atoms with Gasteiger partial charge < -0.3 is 13.9 Å². The molecule has 6 nitrogen and oxygen atoms in total. The summed E-state index contributed by atoms with van der Waals surface area (Å²) in [5.74, 6) is -1.95. The number of carbonyl (C=O) groups excluding carboxylic acids is 2. The van der Waals surface area contributed by atoms with Crippen LogP contribution in [0.25, 0.3) is 0 Å². The standard InChI is InChI=1S/C22H32BrNO5S2Si/c1-8-27-20(25)17(14-18(21(26)28-9-2)24-22(30-3)31-4)19(29-32(5,6)7)15-10-12-16(23)13-11-15/h10-14,17,19H,8-9H2,1-7H3/b18-14-/t17-,19+/m0/s1. The first-order valence-corrected chi connectivity index (χ1v) is 16.9. The Kier molecular flexibility index (Phi) is 12.9. The van der Waals surface area contributed by atoms with Crippen molar-refractivity contribution in [3.8, 4) is 0 Å². The SMILES string of the molecule is CCOC(=O)/C(=C/[C@H](C(=O)OCC)[C@H](O[Si](C)(C)C)c1ccc(Br)cc1)N=C(SC)SC. The van der Waals surface area contributed by atoms with Crippen LogP contribution in [0.4, 0.5) is 0 Å². The van der Waals surface area contributed by atoms with Gasteiger partial charge >= 0.3 is 11.9 Å². The normalized spacial score (nSPS) is 13.8. The molecule has 2 atom stereocenters. The molecule has 178 valence electrons. The Morgan fingerprint density at radius 3 is 2.09 bits per heavy atom. The first-order valence-electron chi connectivity index (χ1n) is 10.2. The van der Waals surface area contributed by atoms with Gasteiger partial charge in [-0.05, 0) is 69.8 Å². The third-order valence-electron chi connectivity index (χ3n) is 3.95. The van der Waals surface area contributed by atoms with Gasteiger partial charge in [0.2, 0.25) is 0 Å². The van der Waals surface area contributed by atoms with Crippen LogP contribution in [0.2, 0.25) is 19.6 Å². The minimum Gasteiger partial charge on any atom is -0.465 e. The third-order valence-corrected chi connectivity index (χ3v) is 7.32. The minimum absolute atomic E-state index is 0.0601. The van der Waals surface area contributed by atoms with Crippen LogP contribution in [-0.4, -0.2) is 50.4 Å². The lowest BCUT2D eigenvalue weighted by atomic mass is 9.94. The molecule has 0 aromatic heterocycles. The molecule has 0 saturated heterocycles. The van der Waals surface area contributed by atoms with Crippen molar-refractivity contribution >= 4 is 64.1 Å². The number of thioether (sulfide) groups is 2. The first-order chi connectivity index (χ1) is 15.1. The van der Waals surface area contributed by atoms with Crippen LogP contribution in [0.3, 0.4) is 0 Å². The van der Waals surface area contributed by atoms with E-state index in [9.17, 15) is 9.59 Å². The lowest BCUT2D eigenvalue weighted by molar-refractivity contribution is -0.149. The number of hydrogen-bond donors (Lipinski definition) is 0. The van der Waals surface area contributed by atoms with Gasteiger partial charge in [0.15, 0.2) is 8.32 Å². The van der Waals surface area contributed by atoms with E-state index in [1.54, 1.807) is 13.8 Å². The molecule has 0 radical (unpaired) electrons. The van der Waals surface area contributed by atoms with Gasteiger partial charge in [0, 0.05) is 4.47 Å². The quantitative estimate of drug-likeness (QED) is 0.113. The number of carbonyl (C=O) groups is 2. The number of hydrogen-bond acceptors (Lipinski definition) is 8. The zero-order valence-electron chi connectivity index (χ0n) is 19.6.